The van der Waals surface area contributed by atoms with Gasteiger partial charge >= 0.3 is 0 Å². The van der Waals surface area contributed by atoms with Gasteiger partial charge in [0, 0.05) is 38.8 Å². The minimum atomic E-state index is -0.0868. The molecule has 1 atom stereocenters. The maximum Gasteiger partial charge on any atom is 0.253 e. The van der Waals surface area contributed by atoms with Crippen molar-refractivity contribution in [3.05, 3.63) is 59.7 Å². The number of guanidine groups is 1. The molecule has 0 spiro atoms. The van der Waals surface area contributed by atoms with Gasteiger partial charge < -0.3 is 25.0 Å². The van der Waals surface area contributed by atoms with Crippen LogP contribution in [-0.2, 0) is 6.42 Å². The molecule has 0 radical (unpaired) electrons. The summed E-state index contributed by atoms with van der Waals surface area (Å²) in [7, 11) is 5.15. The standard InChI is InChI=1S/C24H34N4O3.HI/c1-6-25-24(27-17-18(2)31-22-12-8-11-21(16-22)30-5)26-14-13-19-9-7-10-20(15-19)23(29)28(3)4;/h7-12,15-16,18H,6,13-14,17H2,1-5H3,(H2,25,26,27);1H. The Hall–Kier alpha value is -2.49. The summed E-state index contributed by atoms with van der Waals surface area (Å²) in [5.41, 5.74) is 1.80. The van der Waals surface area contributed by atoms with Gasteiger partial charge in [-0.25, -0.2) is 4.99 Å². The van der Waals surface area contributed by atoms with Crippen molar-refractivity contribution < 1.29 is 14.3 Å². The van der Waals surface area contributed by atoms with Crippen LogP contribution in [0, 0.1) is 0 Å². The third-order valence-electron chi connectivity index (χ3n) is 4.52. The lowest BCUT2D eigenvalue weighted by Gasteiger charge is -2.16. The van der Waals surface area contributed by atoms with Gasteiger partial charge in [0.2, 0.25) is 0 Å². The Balaban J connectivity index is 0.00000512. The number of carbonyl (C=O) groups excluding carboxylic acids is 1. The summed E-state index contributed by atoms with van der Waals surface area (Å²) in [4.78, 5) is 18.4. The summed E-state index contributed by atoms with van der Waals surface area (Å²) in [5, 5.41) is 6.60. The molecular formula is C24H35IN4O3. The Kier molecular flexibility index (Phi) is 12.5. The van der Waals surface area contributed by atoms with Crippen LogP contribution in [0.15, 0.2) is 53.5 Å². The SMILES string of the molecule is CCNC(=NCC(C)Oc1cccc(OC)c1)NCCc1cccc(C(=O)N(C)C)c1.I. The second-order valence-electron chi connectivity index (χ2n) is 7.40. The molecule has 0 aliphatic carbocycles. The molecule has 7 nitrogen and oxygen atoms in total. The van der Waals surface area contributed by atoms with Crippen molar-refractivity contribution in [2.45, 2.75) is 26.4 Å². The number of carbonyl (C=O) groups is 1. The van der Waals surface area contributed by atoms with Crippen molar-refractivity contribution >= 4 is 35.8 Å². The highest BCUT2D eigenvalue weighted by molar-refractivity contribution is 14.0. The first-order valence-electron chi connectivity index (χ1n) is 10.6. The normalized spacial score (nSPS) is 11.7. The second kappa shape index (κ2) is 14.5. The van der Waals surface area contributed by atoms with Gasteiger partial charge in [-0.1, -0.05) is 18.2 Å². The summed E-state index contributed by atoms with van der Waals surface area (Å²) < 4.78 is 11.2. The highest BCUT2D eigenvalue weighted by Gasteiger charge is 2.09. The summed E-state index contributed by atoms with van der Waals surface area (Å²) in [6.45, 7) is 6.00. The Morgan fingerprint density at radius 3 is 2.50 bits per heavy atom. The van der Waals surface area contributed by atoms with E-state index in [-0.39, 0.29) is 36.0 Å². The minimum absolute atomic E-state index is 0. The third-order valence-corrected chi connectivity index (χ3v) is 4.52. The van der Waals surface area contributed by atoms with Crippen LogP contribution in [0.25, 0.3) is 0 Å². The molecule has 1 amide bonds. The number of rotatable bonds is 10. The Morgan fingerprint density at radius 1 is 1.09 bits per heavy atom. The maximum atomic E-state index is 12.1. The van der Waals surface area contributed by atoms with E-state index in [1.165, 1.54) is 0 Å². The molecule has 0 saturated carbocycles. The number of benzene rings is 2. The van der Waals surface area contributed by atoms with Gasteiger partial charge in [0.05, 0.1) is 13.7 Å². The fourth-order valence-corrected chi connectivity index (χ4v) is 2.95. The first kappa shape index (κ1) is 27.5. The lowest BCUT2D eigenvalue weighted by molar-refractivity contribution is 0.0827. The molecule has 8 heteroatoms. The zero-order valence-electron chi connectivity index (χ0n) is 19.6. The van der Waals surface area contributed by atoms with Gasteiger partial charge in [0.1, 0.15) is 17.6 Å². The van der Waals surface area contributed by atoms with Crippen molar-refractivity contribution in [2.24, 2.45) is 4.99 Å². The third kappa shape index (κ3) is 9.33. The molecular weight excluding hydrogens is 519 g/mol. The fraction of sp³-hybridized carbons (Fsp3) is 0.417. The van der Waals surface area contributed by atoms with Crippen molar-refractivity contribution in [3.8, 4) is 11.5 Å². The van der Waals surface area contributed by atoms with Crippen LogP contribution in [0.4, 0.5) is 0 Å². The van der Waals surface area contributed by atoms with E-state index in [1.54, 1.807) is 26.1 Å². The van der Waals surface area contributed by atoms with Crippen LogP contribution in [0.1, 0.15) is 29.8 Å². The zero-order chi connectivity index (χ0) is 22.6. The van der Waals surface area contributed by atoms with E-state index in [9.17, 15) is 4.79 Å². The Labute approximate surface area is 208 Å². The quantitative estimate of drug-likeness (QED) is 0.267. The highest BCUT2D eigenvalue weighted by Crippen LogP contribution is 2.19. The van der Waals surface area contributed by atoms with Crippen molar-refractivity contribution in [1.82, 2.24) is 15.5 Å². The smallest absolute Gasteiger partial charge is 0.253 e. The van der Waals surface area contributed by atoms with Crippen LogP contribution in [-0.4, -0.2) is 63.7 Å². The van der Waals surface area contributed by atoms with Crippen molar-refractivity contribution in [3.63, 3.8) is 0 Å². The lowest BCUT2D eigenvalue weighted by atomic mass is 10.1. The monoisotopic (exact) mass is 554 g/mol. The van der Waals surface area contributed by atoms with Crippen LogP contribution in [0.5, 0.6) is 11.5 Å². The molecule has 2 rings (SSSR count). The van der Waals surface area contributed by atoms with Gasteiger partial charge in [-0.3, -0.25) is 4.79 Å². The molecule has 0 aliphatic rings. The van der Waals surface area contributed by atoms with Gasteiger partial charge in [-0.2, -0.15) is 0 Å². The van der Waals surface area contributed by atoms with Gasteiger partial charge in [0.25, 0.3) is 5.91 Å². The minimum Gasteiger partial charge on any atom is -0.497 e. The molecule has 2 aromatic rings. The van der Waals surface area contributed by atoms with Crippen LogP contribution in [0.3, 0.4) is 0 Å². The van der Waals surface area contributed by atoms with E-state index in [2.05, 4.69) is 15.6 Å². The van der Waals surface area contributed by atoms with Gasteiger partial charge in [-0.05, 0) is 50.1 Å². The first-order chi connectivity index (χ1) is 14.9. The molecule has 2 N–H and O–H groups in total. The Morgan fingerprint density at radius 2 is 1.81 bits per heavy atom. The average Bonchev–Trinajstić information content (AvgIpc) is 2.77. The molecule has 0 heterocycles. The largest absolute Gasteiger partial charge is 0.497 e. The van der Waals surface area contributed by atoms with E-state index in [0.717, 1.165) is 36.0 Å². The Bertz CT molecular complexity index is 874. The van der Waals surface area contributed by atoms with E-state index >= 15 is 0 Å². The topological polar surface area (TPSA) is 75.2 Å². The second-order valence-corrected chi connectivity index (χ2v) is 7.40. The number of amides is 1. The molecule has 0 fully saturated rings. The van der Waals surface area contributed by atoms with Gasteiger partial charge in [0.15, 0.2) is 5.96 Å². The van der Waals surface area contributed by atoms with E-state index in [4.69, 9.17) is 9.47 Å². The summed E-state index contributed by atoms with van der Waals surface area (Å²) in [6, 6.07) is 15.3. The number of hydrogen-bond donors (Lipinski definition) is 2. The van der Waals surface area contributed by atoms with Gasteiger partial charge in [-0.15, -0.1) is 24.0 Å². The van der Waals surface area contributed by atoms with E-state index in [1.807, 2.05) is 62.4 Å². The summed E-state index contributed by atoms with van der Waals surface area (Å²) in [5.74, 6) is 2.27. The van der Waals surface area contributed by atoms with Crippen LogP contribution >= 0.6 is 24.0 Å². The molecule has 0 saturated heterocycles. The number of hydrogen-bond acceptors (Lipinski definition) is 4. The fourth-order valence-electron chi connectivity index (χ4n) is 2.95. The molecule has 0 aliphatic heterocycles. The van der Waals surface area contributed by atoms with Crippen molar-refractivity contribution in [1.29, 1.82) is 0 Å². The van der Waals surface area contributed by atoms with Crippen LogP contribution < -0.4 is 20.1 Å². The summed E-state index contributed by atoms with van der Waals surface area (Å²) >= 11 is 0. The molecule has 2 aromatic carbocycles. The highest BCUT2D eigenvalue weighted by atomic mass is 127. The predicted octanol–water partition coefficient (Wildman–Crippen LogP) is 3.58. The average molecular weight is 554 g/mol. The van der Waals surface area contributed by atoms with E-state index < -0.39 is 0 Å². The van der Waals surface area contributed by atoms with Crippen LogP contribution in [0.2, 0.25) is 0 Å². The molecule has 176 valence electrons. The first-order valence-corrected chi connectivity index (χ1v) is 10.6. The summed E-state index contributed by atoms with van der Waals surface area (Å²) in [6.07, 6.45) is 0.700. The molecule has 0 aromatic heterocycles. The maximum absolute atomic E-state index is 12.1. The number of ether oxygens (including phenoxy) is 2. The number of aliphatic imine (C=N–C) groups is 1. The predicted molar refractivity (Wildman–Crippen MR) is 141 cm³/mol. The molecule has 0 bridgehead atoms. The lowest BCUT2D eigenvalue weighted by Crippen LogP contribution is -2.39. The molecule has 32 heavy (non-hydrogen) atoms. The van der Waals surface area contributed by atoms with Crippen molar-refractivity contribution in [2.75, 3.05) is 40.8 Å². The number of nitrogens with zero attached hydrogens (tertiary/aromatic N) is 2. The van der Waals surface area contributed by atoms with E-state index in [0.29, 0.717) is 18.7 Å². The number of methoxy groups -OCH3 is 1. The molecule has 1 unspecified atom stereocenters. The number of halogens is 1. The number of nitrogens with one attached hydrogen (secondary N) is 2. The zero-order valence-corrected chi connectivity index (χ0v) is 21.9.